The molecule has 0 bridgehead atoms. The zero-order valence-corrected chi connectivity index (χ0v) is 16.9. The SMILES string of the molecule is COc1ccc(Br)cc1CSc1nnc(-c2ccc(OC)c(OC)c2)o1. The maximum absolute atomic E-state index is 5.76. The van der Waals surface area contributed by atoms with Crippen LogP contribution in [0.15, 0.2) is 50.5 Å². The van der Waals surface area contributed by atoms with Crippen LogP contribution in [0.3, 0.4) is 0 Å². The molecule has 8 heteroatoms. The van der Waals surface area contributed by atoms with Gasteiger partial charge in [0.1, 0.15) is 5.75 Å². The number of ether oxygens (including phenoxy) is 3. The molecule has 0 N–H and O–H groups in total. The molecule has 0 fully saturated rings. The van der Waals surface area contributed by atoms with E-state index in [1.54, 1.807) is 33.5 Å². The highest BCUT2D eigenvalue weighted by molar-refractivity contribution is 9.10. The van der Waals surface area contributed by atoms with Crippen LogP contribution in [0, 0.1) is 0 Å². The summed E-state index contributed by atoms with van der Waals surface area (Å²) in [5.41, 5.74) is 1.81. The highest BCUT2D eigenvalue weighted by atomic mass is 79.9. The first-order valence-corrected chi connectivity index (χ1v) is 9.43. The Bertz CT molecular complexity index is 901. The molecule has 0 unspecified atom stereocenters. The predicted molar refractivity (Wildman–Crippen MR) is 103 cm³/mol. The Morgan fingerprint density at radius 3 is 2.38 bits per heavy atom. The summed E-state index contributed by atoms with van der Waals surface area (Å²) < 4.78 is 22.7. The number of halogens is 1. The minimum Gasteiger partial charge on any atom is -0.496 e. The average molecular weight is 437 g/mol. The summed E-state index contributed by atoms with van der Waals surface area (Å²) in [7, 11) is 4.83. The minimum atomic E-state index is 0.426. The van der Waals surface area contributed by atoms with Crippen molar-refractivity contribution >= 4 is 27.7 Å². The van der Waals surface area contributed by atoms with Crippen molar-refractivity contribution in [2.24, 2.45) is 0 Å². The van der Waals surface area contributed by atoms with Crippen molar-refractivity contribution in [3.05, 3.63) is 46.4 Å². The minimum absolute atomic E-state index is 0.426. The first-order valence-electron chi connectivity index (χ1n) is 7.65. The molecule has 1 heterocycles. The first kappa shape index (κ1) is 18.6. The largest absolute Gasteiger partial charge is 0.496 e. The molecule has 1 aromatic heterocycles. The van der Waals surface area contributed by atoms with E-state index >= 15 is 0 Å². The number of benzene rings is 2. The van der Waals surface area contributed by atoms with E-state index in [-0.39, 0.29) is 0 Å². The van der Waals surface area contributed by atoms with Gasteiger partial charge in [0.15, 0.2) is 11.5 Å². The van der Waals surface area contributed by atoms with Crippen LogP contribution in [0.5, 0.6) is 17.2 Å². The van der Waals surface area contributed by atoms with Gasteiger partial charge in [-0.25, -0.2) is 0 Å². The molecule has 0 spiro atoms. The molecule has 0 aliphatic heterocycles. The second kappa shape index (κ2) is 8.46. The van der Waals surface area contributed by atoms with Crippen LogP contribution >= 0.6 is 27.7 Å². The lowest BCUT2D eigenvalue weighted by atomic mass is 10.2. The standard InChI is InChI=1S/C18H17BrN2O4S/c1-22-14-7-5-13(19)8-12(14)10-26-18-21-20-17(25-18)11-4-6-15(23-2)16(9-11)24-3/h4-9H,10H2,1-3H3. The number of hydrogen-bond donors (Lipinski definition) is 0. The van der Waals surface area contributed by atoms with Crippen molar-refractivity contribution < 1.29 is 18.6 Å². The van der Waals surface area contributed by atoms with E-state index in [4.69, 9.17) is 18.6 Å². The fourth-order valence-corrected chi connectivity index (χ4v) is 3.50. The van der Waals surface area contributed by atoms with Crippen LogP contribution in [-0.2, 0) is 5.75 Å². The number of rotatable bonds is 7. The van der Waals surface area contributed by atoms with Gasteiger partial charge in [0.05, 0.1) is 21.3 Å². The molecule has 2 aromatic carbocycles. The lowest BCUT2D eigenvalue weighted by Crippen LogP contribution is -1.90. The summed E-state index contributed by atoms with van der Waals surface area (Å²) >= 11 is 4.92. The fraction of sp³-hybridized carbons (Fsp3) is 0.222. The molecule has 0 aliphatic carbocycles. The lowest BCUT2D eigenvalue weighted by molar-refractivity contribution is 0.355. The van der Waals surface area contributed by atoms with E-state index in [1.165, 1.54) is 11.8 Å². The molecule has 136 valence electrons. The molecule has 0 saturated carbocycles. The summed E-state index contributed by atoms with van der Waals surface area (Å²) in [6.45, 7) is 0. The van der Waals surface area contributed by atoms with Crippen molar-refractivity contribution in [2.45, 2.75) is 11.0 Å². The molecule has 6 nitrogen and oxygen atoms in total. The van der Waals surface area contributed by atoms with Crippen molar-refractivity contribution in [1.82, 2.24) is 10.2 Å². The Labute approximate surface area is 164 Å². The molecule has 0 radical (unpaired) electrons. The predicted octanol–water partition coefficient (Wildman–Crippen LogP) is 4.82. The van der Waals surface area contributed by atoms with E-state index in [2.05, 4.69) is 26.1 Å². The van der Waals surface area contributed by atoms with Crippen LogP contribution in [0.4, 0.5) is 0 Å². The molecule has 0 amide bonds. The van der Waals surface area contributed by atoms with Crippen molar-refractivity contribution in [2.75, 3.05) is 21.3 Å². The monoisotopic (exact) mass is 436 g/mol. The first-order chi connectivity index (χ1) is 12.6. The number of methoxy groups -OCH3 is 3. The molecule has 26 heavy (non-hydrogen) atoms. The third kappa shape index (κ3) is 4.13. The Kier molecular flexibility index (Phi) is 6.05. The normalized spacial score (nSPS) is 10.6. The molecular weight excluding hydrogens is 420 g/mol. The van der Waals surface area contributed by atoms with Gasteiger partial charge < -0.3 is 18.6 Å². The average Bonchev–Trinajstić information content (AvgIpc) is 3.15. The van der Waals surface area contributed by atoms with Crippen molar-refractivity contribution in [3.8, 4) is 28.7 Å². The second-order valence-corrected chi connectivity index (χ2v) is 7.03. The second-order valence-electron chi connectivity index (χ2n) is 5.19. The highest BCUT2D eigenvalue weighted by Crippen LogP contribution is 2.34. The number of aromatic nitrogens is 2. The van der Waals surface area contributed by atoms with E-state index in [1.807, 2.05) is 24.3 Å². The Balaban J connectivity index is 1.75. The summed E-state index contributed by atoms with van der Waals surface area (Å²) in [5.74, 6) is 3.15. The van der Waals surface area contributed by atoms with E-state index in [0.29, 0.717) is 28.4 Å². The third-order valence-electron chi connectivity index (χ3n) is 3.63. The quantitative estimate of drug-likeness (QED) is 0.491. The molecule has 0 saturated heterocycles. The van der Waals surface area contributed by atoms with Crippen LogP contribution < -0.4 is 14.2 Å². The van der Waals surface area contributed by atoms with Gasteiger partial charge in [-0.2, -0.15) is 0 Å². The number of nitrogens with zero attached hydrogens (tertiary/aromatic N) is 2. The summed E-state index contributed by atoms with van der Waals surface area (Å²) in [6, 6.07) is 11.3. The zero-order valence-electron chi connectivity index (χ0n) is 14.5. The van der Waals surface area contributed by atoms with E-state index in [0.717, 1.165) is 21.3 Å². The van der Waals surface area contributed by atoms with E-state index < -0.39 is 0 Å². The Morgan fingerprint density at radius 2 is 1.65 bits per heavy atom. The van der Waals surface area contributed by atoms with Gasteiger partial charge in [0, 0.05) is 21.4 Å². The van der Waals surface area contributed by atoms with Crippen LogP contribution in [0.2, 0.25) is 0 Å². The fourth-order valence-electron chi connectivity index (χ4n) is 2.35. The third-order valence-corrected chi connectivity index (χ3v) is 4.99. The van der Waals surface area contributed by atoms with Gasteiger partial charge in [-0.15, -0.1) is 10.2 Å². The Morgan fingerprint density at radius 1 is 0.923 bits per heavy atom. The molecular formula is C18H17BrN2O4S. The Hall–Kier alpha value is -2.19. The van der Waals surface area contributed by atoms with Gasteiger partial charge in [0.25, 0.3) is 5.22 Å². The smallest absolute Gasteiger partial charge is 0.277 e. The van der Waals surface area contributed by atoms with Gasteiger partial charge in [-0.3, -0.25) is 0 Å². The molecule has 3 rings (SSSR count). The van der Waals surface area contributed by atoms with Crippen molar-refractivity contribution in [1.29, 1.82) is 0 Å². The highest BCUT2D eigenvalue weighted by Gasteiger charge is 2.13. The summed E-state index contributed by atoms with van der Waals surface area (Å²) in [4.78, 5) is 0. The topological polar surface area (TPSA) is 66.6 Å². The van der Waals surface area contributed by atoms with Crippen LogP contribution in [-0.4, -0.2) is 31.5 Å². The van der Waals surface area contributed by atoms with Gasteiger partial charge in [-0.05, 0) is 36.4 Å². The maximum Gasteiger partial charge on any atom is 0.277 e. The van der Waals surface area contributed by atoms with Gasteiger partial charge >= 0.3 is 0 Å². The molecule has 3 aromatic rings. The lowest BCUT2D eigenvalue weighted by Gasteiger charge is -2.08. The van der Waals surface area contributed by atoms with Crippen LogP contribution in [0.1, 0.15) is 5.56 Å². The van der Waals surface area contributed by atoms with E-state index in [9.17, 15) is 0 Å². The summed E-state index contributed by atoms with van der Waals surface area (Å²) in [5, 5.41) is 8.70. The van der Waals surface area contributed by atoms with Gasteiger partial charge in [0.2, 0.25) is 5.89 Å². The van der Waals surface area contributed by atoms with Gasteiger partial charge in [-0.1, -0.05) is 27.7 Å². The maximum atomic E-state index is 5.76. The number of thioether (sulfide) groups is 1. The van der Waals surface area contributed by atoms with Crippen LogP contribution in [0.25, 0.3) is 11.5 Å². The zero-order chi connectivity index (χ0) is 18.5. The molecule has 0 atom stereocenters. The number of hydrogen-bond acceptors (Lipinski definition) is 7. The van der Waals surface area contributed by atoms with Crippen molar-refractivity contribution in [3.63, 3.8) is 0 Å². The summed E-state index contributed by atoms with van der Waals surface area (Å²) in [6.07, 6.45) is 0. The molecule has 0 aliphatic rings.